The number of likely N-dealkylation sites (N-methyl/N-ethyl adjacent to an activating group) is 1. The van der Waals surface area contributed by atoms with Gasteiger partial charge in [-0.15, -0.1) is 0 Å². The van der Waals surface area contributed by atoms with Crippen molar-refractivity contribution in [2.45, 2.75) is 51.0 Å². The summed E-state index contributed by atoms with van der Waals surface area (Å²) in [5, 5.41) is 0. The summed E-state index contributed by atoms with van der Waals surface area (Å²) >= 11 is 0. The van der Waals surface area contributed by atoms with Crippen LogP contribution in [-0.2, 0) is 11.2 Å². The van der Waals surface area contributed by atoms with E-state index < -0.39 is 0 Å². The Kier molecular flexibility index (Phi) is 5.34. The van der Waals surface area contributed by atoms with Gasteiger partial charge in [-0.3, -0.25) is 4.79 Å². The maximum atomic E-state index is 12.6. The van der Waals surface area contributed by atoms with E-state index in [0.717, 1.165) is 18.4 Å². The number of amides is 1. The quantitative estimate of drug-likeness (QED) is 0.798. The van der Waals surface area contributed by atoms with Crippen LogP contribution in [0.2, 0.25) is 0 Å². The molecule has 1 fully saturated rings. The molecule has 0 unspecified atom stereocenters. The molecule has 2 aromatic carbocycles. The predicted octanol–water partition coefficient (Wildman–Crippen LogP) is 4.72. The van der Waals surface area contributed by atoms with E-state index in [-0.39, 0.29) is 5.91 Å². The van der Waals surface area contributed by atoms with Gasteiger partial charge in [0.15, 0.2) is 0 Å². The fraction of sp³-hybridized carbons (Fsp3) is 0.409. The van der Waals surface area contributed by atoms with Crippen molar-refractivity contribution in [3.63, 3.8) is 0 Å². The van der Waals surface area contributed by atoms with Crippen molar-refractivity contribution in [1.29, 1.82) is 0 Å². The number of benzene rings is 2. The molecule has 1 aliphatic rings. The van der Waals surface area contributed by atoms with Crippen LogP contribution in [0.25, 0.3) is 0 Å². The number of nitrogens with zero attached hydrogens (tertiary/aromatic N) is 1. The minimum Gasteiger partial charge on any atom is -0.342 e. The Morgan fingerprint density at radius 1 is 0.958 bits per heavy atom. The summed E-state index contributed by atoms with van der Waals surface area (Å²) < 4.78 is 0. The smallest absolute Gasteiger partial charge is 0.226 e. The normalized spacial score (nSPS) is 20.6. The largest absolute Gasteiger partial charge is 0.342 e. The summed E-state index contributed by atoms with van der Waals surface area (Å²) in [5.74, 6) is 0.898. The Bertz CT molecular complexity index is 671. The monoisotopic (exact) mass is 321 g/mol. The molecule has 0 aromatic heterocycles. The zero-order valence-corrected chi connectivity index (χ0v) is 14.7. The first-order chi connectivity index (χ1) is 11.6. The lowest BCUT2D eigenvalue weighted by molar-refractivity contribution is -0.131. The van der Waals surface area contributed by atoms with Crippen molar-refractivity contribution >= 4 is 5.91 Å². The van der Waals surface area contributed by atoms with Crippen molar-refractivity contribution in [2.24, 2.45) is 0 Å². The van der Waals surface area contributed by atoms with Gasteiger partial charge in [-0.05, 0) is 55.2 Å². The van der Waals surface area contributed by atoms with Gasteiger partial charge in [0, 0.05) is 13.1 Å². The van der Waals surface area contributed by atoms with Crippen molar-refractivity contribution < 1.29 is 4.79 Å². The lowest BCUT2D eigenvalue weighted by Crippen LogP contribution is -2.40. The van der Waals surface area contributed by atoms with E-state index in [0.29, 0.717) is 18.4 Å². The van der Waals surface area contributed by atoms with Gasteiger partial charge >= 0.3 is 0 Å². The third-order valence-corrected chi connectivity index (χ3v) is 5.51. The molecule has 1 saturated carbocycles. The van der Waals surface area contributed by atoms with Crippen LogP contribution < -0.4 is 0 Å². The first-order valence-corrected chi connectivity index (χ1v) is 9.00. The van der Waals surface area contributed by atoms with Crippen molar-refractivity contribution in [1.82, 2.24) is 4.90 Å². The molecule has 24 heavy (non-hydrogen) atoms. The fourth-order valence-corrected chi connectivity index (χ4v) is 3.82. The van der Waals surface area contributed by atoms with E-state index >= 15 is 0 Å². The topological polar surface area (TPSA) is 20.3 Å². The summed E-state index contributed by atoms with van der Waals surface area (Å²) in [7, 11) is 1.98. The van der Waals surface area contributed by atoms with E-state index in [1.165, 1.54) is 24.0 Å². The molecule has 0 spiro atoms. The van der Waals surface area contributed by atoms with Crippen LogP contribution in [0.4, 0.5) is 0 Å². The minimum absolute atomic E-state index is 0.243. The lowest BCUT2D eigenvalue weighted by atomic mass is 9.81. The SMILES string of the molecule is Cc1ccccc1CC(=O)N(C)C1CCC(c2ccccc2)CC1. The van der Waals surface area contributed by atoms with Gasteiger partial charge in [0.05, 0.1) is 6.42 Å². The number of carbonyl (C=O) groups excluding carboxylic acids is 1. The Labute approximate surface area is 145 Å². The van der Waals surface area contributed by atoms with Crippen LogP contribution in [0.15, 0.2) is 54.6 Å². The van der Waals surface area contributed by atoms with Gasteiger partial charge in [0.1, 0.15) is 0 Å². The molecule has 2 heteroatoms. The Hall–Kier alpha value is -2.09. The van der Waals surface area contributed by atoms with E-state index in [2.05, 4.69) is 49.4 Å². The van der Waals surface area contributed by atoms with Crippen LogP contribution in [0.1, 0.15) is 48.3 Å². The van der Waals surface area contributed by atoms with Gasteiger partial charge in [-0.2, -0.15) is 0 Å². The first-order valence-electron chi connectivity index (χ1n) is 9.00. The van der Waals surface area contributed by atoms with Crippen LogP contribution in [0.5, 0.6) is 0 Å². The highest BCUT2D eigenvalue weighted by molar-refractivity contribution is 5.79. The molecule has 0 bridgehead atoms. The van der Waals surface area contributed by atoms with Gasteiger partial charge in [-0.25, -0.2) is 0 Å². The van der Waals surface area contributed by atoms with Gasteiger partial charge in [-0.1, -0.05) is 54.6 Å². The molecule has 0 N–H and O–H groups in total. The van der Waals surface area contributed by atoms with Gasteiger partial charge in [0.25, 0.3) is 0 Å². The van der Waals surface area contributed by atoms with Crippen LogP contribution in [-0.4, -0.2) is 23.9 Å². The molecular formula is C22H27NO. The summed E-state index contributed by atoms with van der Waals surface area (Å²) in [6.45, 7) is 2.08. The minimum atomic E-state index is 0.243. The van der Waals surface area contributed by atoms with Crippen molar-refractivity contribution in [3.05, 3.63) is 71.3 Å². The van der Waals surface area contributed by atoms with Crippen LogP contribution in [0.3, 0.4) is 0 Å². The number of rotatable bonds is 4. The molecule has 0 saturated heterocycles. The molecule has 0 radical (unpaired) electrons. The van der Waals surface area contributed by atoms with E-state index in [1.807, 2.05) is 24.1 Å². The Morgan fingerprint density at radius 2 is 1.58 bits per heavy atom. The van der Waals surface area contributed by atoms with Crippen LogP contribution >= 0.6 is 0 Å². The average Bonchev–Trinajstić information content (AvgIpc) is 2.64. The van der Waals surface area contributed by atoms with Crippen LogP contribution in [0, 0.1) is 6.92 Å². The second kappa shape index (κ2) is 7.65. The molecule has 3 rings (SSSR count). The number of hydrogen-bond acceptors (Lipinski definition) is 1. The first kappa shape index (κ1) is 16.8. The lowest BCUT2D eigenvalue weighted by Gasteiger charge is -2.35. The number of carbonyl (C=O) groups is 1. The molecule has 0 aliphatic heterocycles. The molecule has 1 aliphatic carbocycles. The average molecular weight is 321 g/mol. The number of aryl methyl sites for hydroxylation is 1. The highest BCUT2D eigenvalue weighted by atomic mass is 16.2. The van der Waals surface area contributed by atoms with E-state index in [9.17, 15) is 4.79 Å². The summed E-state index contributed by atoms with van der Waals surface area (Å²) in [6.07, 6.45) is 5.08. The Morgan fingerprint density at radius 3 is 2.25 bits per heavy atom. The van der Waals surface area contributed by atoms with Crippen molar-refractivity contribution in [3.8, 4) is 0 Å². The highest BCUT2D eigenvalue weighted by Crippen LogP contribution is 2.34. The van der Waals surface area contributed by atoms with E-state index in [4.69, 9.17) is 0 Å². The third-order valence-electron chi connectivity index (χ3n) is 5.51. The predicted molar refractivity (Wildman–Crippen MR) is 99.1 cm³/mol. The van der Waals surface area contributed by atoms with E-state index in [1.54, 1.807) is 0 Å². The molecule has 126 valence electrons. The second-order valence-electron chi connectivity index (χ2n) is 7.02. The summed E-state index contributed by atoms with van der Waals surface area (Å²) in [6, 6.07) is 19.4. The van der Waals surface area contributed by atoms with Crippen molar-refractivity contribution in [2.75, 3.05) is 7.05 Å². The summed E-state index contributed by atoms with van der Waals surface area (Å²) in [4.78, 5) is 14.6. The maximum Gasteiger partial charge on any atom is 0.226 e. The standard InChI is InChI=1S/C22H27NO/c1-17-8-6-7-11-20(17)16-22(24)23(2)21-14-12-19(13-15-21)18-9-4-3-5-10-18/h3-11,19,21H,12-16H2,1-2H3. The van der Waals surface area contributed by atoms with Gasteiger partial charge < -0.3 is 4.90 Å². The molecule has 0 atom stereocenters. The molecule has 1 amide bonds. The second-order valence-corrected chi connectivity index (χ2v) is 7.02. The zero-order valence-electron chi connectivity index (χ0n) is 14.7. The summed E-state index contributed by atoms with van der Waals surface area (Å²) in [5.41, 5.74) is 3.80. The highest BCUT2D eigenvalue weighted by Gasteiger charge is 2.27. The zero-order chi connectivity index (χ0) is 16.9. The number of hydrogen-bond donors (Lipinski definition) is 0. The fourth-order valence-electron chi connectivity index (χ4n) is 3.82. The van der Waals surface area contributed by atoms with Gasteiger partial charge in [0.2, 0.25) is 5.91 Å². The molecule has 2 aromatic rings. The molecule has 0 heterocycles. The Balaban J connectivity index is 1.56. The maximum absolute atomic E-state index is 12.6. The molecule has 2 nitrogen and oxygen atoms in total. The third kappa shape index (κ3) is 3.87. The molecular weight excluding hydrogens is 294 g/mol.